The second kappa shape index (κ2) is 8.97. The minimum absolute atomic E-state index is 0.737. The molecule has 0 aliphatic heterocycles. The van der Waals surface area contributed by atoms with Crippen molar-refractivity contribution in [3.05, 3.63) is 0 Å². The van der Waals surface area contributed by atoms with Gasteiger partial charge in [0, 0.05) is 18.6 Å². The van der Waals surface area contributed by atoms with Gasteiger partial charge in [-0.3, -0.25) is 0 Å². The molecule has 0 aromatic carbocycles. The highest BCUT2D eigenvalue weighted by Crippen LogP contribution is 2.30. The maximum atomic E-state index is 3.57. The first-order valence-corrected chi connectivity index (χ1v) is 8.53. The molecular formula is C17H36N2. The predicted octanol–water partition coefficient (Wildman–Crippen LogP) is 3.91. The summed E-state index contributed by atoms with van der Waals surface area (Å²) in [5.74, 6) is 1.76. The van der Waals surface area contributed by atoms with Gasteiger partial charge in [0.2, 0.25) is 0 Å². The lowest BCUT2D eigenvalue weighted by atomic mass is 9.78. The van der Waals surface area contributed by atoms with E-state index >= 15 is 0 Å². The minimum Gasteiger partial charge on any atom is -0.317 e. The fourth-order valence-corrected chi connectivity index (χ4v) is 3.49. The van der Waals surface area contributed by atoms with Crippen LogP contribution in [-0.2, 0) is 0 Å². The third kappa shape index (κ3) is 5.43. The van der Waals surface area contributed by atoms with E-state index < -0.39 is 0 Å². The average molecular weight is 268 g/mol. The Hall–Kier alpha value is -0.0800. The zero-order valence-corrected chi connectivity index (χ0v) is 13.9. The molecule has 0 heterocycles. The first-order chi connectivity index (χ1) is 9.12. The number of hydrogen-bond donors (Lipinski definition) is 1. The topological polar surface area (TPSA) is 15.3 Å². The van der Waals surface area contributed by atoms with Crippen molar-refractivity contribution in [2.45, 2.75) is 78.3 Å². The highest BCUT2D eigenvalue weighted by Gasteiger charge is 2.29. The molecule has 0 amide bonds. The molecule has 1 rings (SSSR count). The summed E-state index contributed by atoms with van der Waals surface area (Å²) in [4.78, 5) is 2.75. The van der Waals surface area contributed by atoms with Crippen molar-refractivity contribution < 1.29 is 0 Å². The van der Waals surface area contributed by atoms with Gasteiger partial charge in [0.25, 0.3) is 0 Å². The van der Waals surface area contributed by atoms with Gasteiger partial charge in [-0.25, -0.2) is 0 Å². The smallest absolute Gasteiger partial charge is 0.0105 e. The summed E-state index contributed by atoms with van der Waals surface area (Å²) in [6.45, 7) is 12.0. The molecule has 1 aliphatic carbocycles. The number of unbranched alkanes of at least 4 members (excludes halogenated alkanes) is 1. The van der Waals surface area contributed by atoms with Crippen LogP contribution < -0.4 is 5.32 Å². The van der Waals surface area contributed by atoms with Crippen molar-refractivity contribution in [3.63, 3.8) is 0 Å². The molecule has 114 valence electrons. The molecule has 4 atom stereocenters. The first kappa shape index (κ1) is 17.0. The molecule has 0 saturated heterocycles. The second-order valence-electron chi connectivity index (χ2n) is 6.68. The SMILES string of the molecule is CCCCN(CC1CC(C)CCC1NC)C(C)CC. The summed E-state index contributed by atoms with van der Waals surface area (Å²) in [5, 5.41) is 3.57. The second-order valence-corrected chi connectivity index (χ2v) is 6.68. The number of nitrogens with zero attached hydrogens (tertiary/aromatic N) is 1. The van der Waals surface area contributed by atoms with Crippen molar-refractivity contribution in [3.8, 4) is 0 Å². The maximum absolute atomic E-state index is 3.57. The Morgan fingerprint density at radius 3 is 2.58 bits per heavy atom. The lowest BCUT2D eigenvalue weighted by Gasteiger charge is -2.39. The zero-order valence-electron chi connectivity index (χ0n) is 13.9. The van der Waals surface area contributed by atoms with Gasteiger partial charge < -0.3 is 10.2 Å². The number of nitrogens with one attached hydrogen (secondary N) is 1. The fraction of sp³-hybridized carbons (Fsp3) is 1.00. The Morgan fingerprint density at radius 2 is 2.00 bits per heavy atom. The molecule has 0 radical (unpaired) electrons. The van der Waals surface area contributed by atoms with E-state index in [0.717, 1.165) is 23.9 Å². The van der Waals surface area contributed by atoms with Crippen molar-refractivity contribution in [1.82, 2.24) is 10.2 Å². The van der Waals surface area contributed by atoms with Crippen LogP contribution in [0.25, 0.3) is 0 Å². The summed E-state index contributed by atoms with van der Waals surface area (Å²) < 4.78 is 0. The molecule has 0 aromatic heterocycles. The predicted molar refractivity (Wildman–Crippen MR) is 85.6 cm³/mol. The van der Waals surface area contributed by atoms with Crippen LogP contribution in [0, 0.1) is 11.8 Å². The average Bonchev–Trinajstić information content (AvgIpc) is 2.42. The van der Waals surface area contributed by atoms with Crippen molar-refractivity contribution in [2.24, 2.45) is 11.8 Å². The van der Waals surface area contributed by atoms with Gasteiger partial charge in [-0.05, 0) is 64.5 Å². The van der Waals surface area contributed by atoms with Crippen LogP contribution in [0.15, 0.2) is 0 Å². The van der Waals surface area contributed by atoms with Crippen molar-refractivity contribution in [1.29, 1.82) is 0 Å². The molecule has 19 heavy (non-hydrogen) atoms. The summed E-state index contributed by atoms with van der Waals surface area (Å²) in [6, 6.07) is 1.48. The number of rotatable bonds is 8. The van der Waals surface area contributed by atoms with E-state index in [4.69, 9.17) is 0 Å². The lowest BCUT2D eigenvalue weighted by Crippen LogP contribution is -2.46. The molecule has 4 unspecified atom stereocenters. The quantitative estimate of drug-likeness (QED) is 0.718. The lowest BCUT2D eigenvalue weighted by molar-refractivity contribution is 0.118. The first-order valence-electron chi connectivity index (χ1n) is 8.53. The zero-order chi connectivity index (χ0) is 14.3. The normalized spacial score (nSPS) is 29.7. The standard InChI is InChI=1S/C17H36N2/c1-6-8-11-19(15(4)7-2)13-16-12-14(3)9-10-17(16)18-5/h14-18H,6-13H2,1-5H3. The van der Waals surface area contributed by atoms with Crippen molar-refractivity contribution >= 4 is 0 Å². The van der Waals surface area contributed by atoms with E-state index in [1.165, 1.54) is 51.6 Å². The molecular weight excluding hydrogens is 232 g/mol. The van der Waals surface area contributed by atoms with Crippen LogP contribution in [0.3, 0.4) is 0 Å². The van der Waals surface area contributed by atoms with E-state index in [9.17, 15) is 0 Å². The third-order valence-electron chi connectivity index (χ3n) is 5.10. The van der Waals surface area contributed by atoms with Crippen molar-refractivity contribution in [2.75, 3.05) is 20.1 Å². The Kier molecular flexibility index (Phi) is 8.01. The summed E-state index contributed by atoms with van der Waals surface area (Å²) >= 11 is 0. The van der Waals surface area contributed by atoms with Crippen LogP contribution in [0.1, 0.15) is 66.2 Å². The van der Waals surface area contributed by atoms with Gasteiger partial charge in [0.05, 0.1) is 0 Å². The van der Waals surface area contributed by atoms with Gasteiger partial charge in [-0.1, -0.05) is 27.2 Å². The molecule has 0 spiro atoms. The molecule has 1 saturated carbocycles. The fourth-order valence-electron chi connectivity index (χ4n) is 3.49. The molecule has 1 N–H and O–H groups in total. The van der Waals surface area contributed by atoms with Gasteiger partial charge in [-0.15, -0.1) is 0 Å². The summed E-state index contributed by atoms with van der Waals surface area (Å²) in [7, 11) is 2.15. The Morgan fingerprint density at radius 1 is 1.26 bits per heavy atom. The largest absolute Gasteiger partial charge is 0.317 e. The molecule has 1 aliphatic rings. The monoisotopic (exact) mass is 268 g/mol. The van der Waals surface area contributed by atoms with Gasteiger partial charge >= 0.3 is 0 Å². The Labute approximate surface area is 121 Å². The molecule has 2 heteroatoms. The summed E-state index contributed by atoms with van der Waals surface area (Å²) in [5.41, 5.74) is 0. The van der Waals surface area contributed by atoms with Gasteiger partial charge in [-0.2, -0.15) is 0 Å². The van der Waals surface area contributed by atoms with Crippen LogP contribution in [0.5, 0.6) is 0 Å². The molecule has 1 fully saturated rings. The molecule has 2 nitrogen and oxygen atoms in total. The third-order valence-corrected chi connectivity index (χ3v) is 5.10. The van der Waals surface area contributed by atoms with Gasteiger partial charge in [0.15, 0.2) is 0 Å². The molecule has 0 aromatic rings. The number of hydrogen-bond acceptors (Lipinski definition) is 2. The van der Waals surface area contributed by atoms with Crippen LogP contribution >= 0.6 is 0 Å². The van der Waals surface area contributed by atoms with E-state index in [1.807, 2.05) is 0 Å². The van der Waals surface area contributed by atoms with Crippen LogP contribution in [0.4, 0.5) is 0 Å². The minimum atomic E-state index is 0.737. The van der Waals surface area contributed by atoms with E-state index in [1.54, 1.807) is 0 Å². The summed E-state index contributed by atoms with van der Waals surface area (Å²) in [6.07, 6.45) is 8.10. The van der Waals surface area contributed by atoms with Crippen LogP contribution in [-0.4, -0.2) is 37.1 Å². The van der Waals surface area contributed by atoms with E-state index in [2.05, 4.69) is 45.0 Å². The maximum Gasteiger partial charge on any atom is 0.0105 e. The molecule has 0 bridgehead atoms. The highest BCUT2D eigenvalue weighted by atomic mass is 15.2. The van der Waals surface area contributed by atoms with Crippen LogP contribution in [0.2, 0.25) is 0 Å². The van der Waals surface area contributed by atoms with E-state index in [0.29, 0.717) is 0 Å². The Balaban J connectivity index is 2.58. The van der Waals surface area contributed by atoms with Gasteiger partial charge in [0.1, 0.15) is 0 Å². The van der Waals surface area contributed by atoms with E-state index in [-0.39, 0.29) is 0 Å². The Bertz CT molecular complexity index is 229. The highest BCUT2D eigenvalue weighted by molar-refractivity contribution is 4.85.